The van der Waals surface area contributed by atoms with Crippen LogP contribution in [0.1, 0.15) is 64.7 Å². The van der Waals surface area contributed by atoms with Crippen LogP contribution in [0.4, 0.5) is 4.79 Å². The SMILES string of the molecule is CCCCOC(=O)N1CC2(CCC(O)(C3CCCC3)C2)C1. The predicted octanol–water partition coefficient (Wildman–Crippen LogP) is 3.33. The number of hydrogen-bond donors (Lipinski definition) is 1. The molecule has 0 bridgehead atoms. The van der Waals surface area contributed by atoms with Crippen molar-refractivity contribution in [3.8, 4) is 0 Å². The lowest BCUT2D eigenvalue weighted by molar-refractivity contribution is -0.0511. The Morgan fingerprint density at radius 3 is 2.67 bits per heavy atom. The second-order valence-electron chi connectivity index (χ2n) is 7.59. The van der Waals surface area contributed by atoms with Gasteiger partial charge in [-0.25, -0.2) is 4.79 Å². The standard InChI is InChI=1S/C17H29NO3/c1-2-3-10-21-15(19)18-12-16(13-18)8-9-17(20,11-16)14-6-4-5-7-14/h14,20H,2-13H2,1H3. The van der Waals surface area contributed by atoms with Crippen molar-refractivity contribution in [2.45, 2.75) is 70.3 Å². The smallest absolute Gasteiger partial charge is 0.409 e. The van der Waals surface area contributed by atoms with Gasteiger partial charge in [0.15, 0.2) is 0 Å². The van der Waals surface area contributed by atoms with Crippen molar-refractivity contribution in [2.75, 3.05) is 19.7 Å². The topological polar surface area (TPSA) is 49.8 Å². The van der Waals surface area contributed by atoms with Crippen LogP contribution in [0.2, 0.25) is 0 Å². The van der Waals surface area contributed by atoms with Crippen molar-refractivity contribution in [3.05, 3.63) is 0 Å². The normalized spacial score (nSPS) is 31.6. The van der Waals surface area contributed by atoms with Crippen molar-refractivity contribution in [1.82, 2.24) is 4.90 Å². The zero-order valence-electron chi connectivity index (χ0n) is 13.3. The first-order chi connectivity index (χ1) is 10.1. The van der Waals surface area contributed by atoms with Gasteiger partial charge in [0.1, 0.15) is 0 Å². The maximum atomic E-state index is 11.9. The first kappa shape index (κ1) is 15.1. The van der Waals surface area contributed by atoms with E-state index in [4.69, 9.17) is 4.74 Å². The zero-order chi connectivity index (χ0) is 14.9. The summed E-state index contributed by atoms with van der Waals surface area (Å²) in [5, 5.41) is 11.0. The Kier molecular flexibility index (Phi) is 4.17. The molecule has 3 fully saturated rings. The van der Waals surface area contributed by atoms with Crippen LogP contribution in [0.5, 0.6) is 0 Å². The van der Waals surface area contributed by atoms with E-state index in [-0.39, 0.29) is 11.5 Å². The fourth-order valence-corrected chi connectivity index (χ4v) is 4.68. The van der Waals surface area contributed by atoms with Gasteiger partial charge < -0.3 is 14.7 Å². The van der Waals surface area contributed by atoms with Gasteiger partial charge in [0, 0.05) is 18.5 Å². The average molecular weight is 295 g/mol. The van der Waals surface area contributed by atoms with Crippen LogP contribution in [0.15, 0.2) is 0 Å². The van der Waals surface area contributed by atoms with Crippen LogP contribution >= 0.6 is 0 Å². The molecule has 1 amide bonds. The fourth-order valence-electron chi connectivity index (χ4n) is 4.68. The van der Waals surface area contributed by atoms with E-state index < -0.39 is 5.60 Å². The molecule has 2 aliphatic carbocycles. The number of hydrogen-bond acceptors (Lipinski definition) is 3. The number of unbranched alkanes of at least 4 members (excludes halogenated alkanes) is 1. The Labute approximate surface area is 127 Å². The summed E-state index contributed by atoms with van der Waals surface area (Å²) in [4.78, 5) is 13.7. The summed E-state index contributed by atoms with van der Waals surface area (Å²) < 4.78 is 5.27. The number of aliphatic hydroxyl groups is 1. The highest BCUT2D eigenvalue weighted by atomic mass is 16.6. The maximum absolute atomic E-state index is 11.9. The van der Waals surface area contributed by atoms with E-state index in [0.717, 1.165) is 45.2 Å². The van der Waals surface area contributed by atoms with Crippen molar-refractivity contribution in [2.24, 2.45) is 11.3 Å². The fraction of sp³-hybridized carbons (Fsp3) is 0.941. The minimum Gasteiger partial charge on any atom is -0.449 e. The number of likely N-dealkylation sites (tertiary alicyclic amines) is 1. The Hall–Kier alpha value is -0.770. The molecule has 2 saturated carbocycles. The molecular weight excluding hydrogens is 266 g/mol. The van der Waals surface area contributed by atoms with Crippen LogP contribution < -0.4 is 0 Å². The molecular formula is C17H29NO3. The van der Waals surface area contributed by atoms with Crippen LogP contribution in [-0.4, -0.2) is 41.4 Å². The molecule has 0 radical (unpaired) electrons. The molecule has 1 aliphatic heterocycles. The third kappa shape index (κ3) is 2.92. The summed E-state index contributed by atoms with van der Waals surface area (Å²) in [7, 11) is 0. The van der Waals surface area contributed by atoms with Gasteiger partial charge in [-0.05, 0) is 44.4 Å². The molecule has 120 valence electrons. The van der Waals surface area contributed by atoms with Crippen molar-refractivity contribution in [1.29, 1.82) is 0 Å². The lowest BCUT2D eigenvalue weighted by Crippen LogP contribution is -2.58. The summed E-state index contributed by atoms with van der Waals surface area (Å²) in [5.74, 6) is 0.502. The molecule has 1 atom stereocenters. The molecule has 0 aromatic rings. The summed E-state index contributed by atoms with van der Waals surface area (Å²) in [6, 6.07) is 0. The molecule has 21 heavy (non-hydrogen) atoms. The number of ether oxygens (including phenoxy) is 1. The Bertz CT molecular complexity index is 385. The number of rotatable bonds is 4. The minimum atomic E-state index is -0.450. The first-order valence-corrected chi connectivity index (χ1v) is 8.71. The minimum absolute atomic E-state index is 0.162. The highest BCUT2D eigenvalue weighted by molar-refractivity contribution is 5.69. The zero-order valence-corrected chi connectivity index (χ0v) is 13.3. The van der Waals surface area contributed by atoms with E-state index in [1.165, 1.54) is 25.7 Å². The van der Waals surface area contributed by atoms with E-state index >= 15 is 0 Å². The molecule has 0 aromatic heterocycles. The van der Waals surface area contributed by atoms with Gasteiger partial charge >= 0.3 is 6.09 Å². The van der Waals surface area contributed by atoms with Gasteiger partial charge in [0.05, 0.1) is 12.2 Å². The van der Waals surface area contributed by atoms with E-state index in [0.29, 0.717) is 12.5 Å². The molecule has 3 rings (SSSR count). The number of nitrogens with zero attached hydrogens (tertiary/aromatic N) is 1. The van der Waals surface area contributed by atoms with Crippen LogP contribution in [0.25, 0.3) is 0 Å². The quantitative estimate of drug-likeness (QED) is 0.809. The molecule has 3 aliphatic rings. The van der Waals surface area contributed by atoms with E-state index in [1.807, 2.05) is 4.90 Å². The molecule has 1 N–H and O–H groups in total. The number of carbonyl (C=O) groups is 1. The van der Waals surface area contributed by atoms with Crippen molar-refractivity contribution < 1.29 is 14.6 Å². The third-order valence-corrected chi connectivity index (χ3v) is 5.92. The van der Waals surface area contributed by atoms with Gasteiger partial charge in [0.25, 0.3) is 0 Å². The van der Waals surface area contributed by atoms with Crippen LogP contribution in [-0.2, 0) is 4.74 Å². The van der Waals surface area contributed by atoms with Crippen LogP contribution in [0.3, 0.4) is 0 Å². The lowest BCUT2D eigenvalue weighted by Gasteiger charge is -2.48. The van der Waals surface area contributed by atoms with Crippen molar-refractivity contribution in [3.63, 3.8) is 0 Å². The molecule has 4 heteroatoms. The van der Waals surface area contributed by atoms with Gasteiger partial charge in [-0.15, -0.1) is 0 Å². The summed E-state index contributed by atoms with van der Waals surface area (Å²) >= 11 is 0. The van der Waals surface area contributed by atoms with E-state index in [1.54, 1.807) is 0 Å². The molecule has 4 nitrogen and oxygen atoms in total. The average Bonchev–Trinajstić information content (AvgIpc) is 3.05. The van der Waals surface area contributed by atoms with Crippen molar-refractivity contribution >= 4 is 6.09 Å². The summed E-state index contributed by atoms with van der Waals surface area (Å²) in [5.41, 5.74) is -0.268. The summed E-state index contributed by atoms with van der Waals surface area (Å²) in [6.45, 7) is 4.19. The lowest BCUT2D eigenvalue weighted by atomic mass is 9.75. The Morgan fingerprint density at radius 1 is 1.29 bits per heavy atom. The first-order valence-electron chi connectivity index (χ1n) is 8.71. The Morgan fingerprint density at radius 2 is 2.00 bits per heavy atom. The van der Waals surface area contributed by atoms with Gasteiger partial charge in [-0.1, -0.05) is 26.2 Å². The summed E-state index contributed by atoms with van der Waals surface area (Å²) in [6.07, 6.45) is 9.64. The molecule has 1 unspecified atom stereocenters. The highest BCUT2D eigenvalue weighted by Crippen LogP contribution is 2.55. The second kappa shape index (κ2) is 5.79. The Balaban J connectivity index is 1.48. The molecule has 0 aromatic carbocycles. The molecule has 1 saturated heterocycles. The largest absolute Gasteiger partial charge is 0.449 e. The van der Waals surface area contributed by atoms with Gasteiger partial charge in [-0.2, -0.15) is 0 Å². The van der Waals surface area contributed by atoms with Gasteiger partial charge in [0.2, 0.25) is 0 Å². The number of amides is 1. The highest BCUT2D eigenvalue weighted by Gasteiger charge is 2.57. The number of carbonyl (C=O) groups excluding carboxylic acids is 1. The van der Waals surface area contributed by atoms with E-state index in [9.17, 15) is 9.90 Å². The monoisotopic (exact) mass is 295 g/mol. The van der Waals surface area contributed by atoms with E-state index in [2.05, 4.69) is 6.92 Å². The second-order valence-corrected chi connectivity index (χ2v) is 7.59. The molecule has 1 heterocycles. The van der Waals surface area contributed by atoms with Crippen LogP contribution in [0, 0.1) is 11.3 Å². The molecule has 1 spiro atoms. The van der Waals surface area contributed by atoms with Gasteiger partial charge in [-0.3, -0.25) is 0 Å². The predicted molar refractivity (Wildman–Crippen MR) is 81.0 cm³/mol. The maximum Gasteiger partial charge on any atom is 0.409 e. The third-order valence-electron chi connectivity index (χ3n) is 5.92.